The number of carboxylic acids is 1. The summed E-state index contributed by atoms with van der Waals surface area (Å²) in [7, 11) is 0. The summed E-state index contributed by atoms with van der Waals surface area (Å²) in [6.07, 6.45) is 0. The van der Waals surface area contributed by atoms with Crippen LogP contribution >= 0.6 is 0 Å². The number of carboxylic acid groups (broad SMARTS) is 1. The summed E-state index contributed by atoms with van der Waals surface area (Å²) >= 11 is 0. The highest BCUT2D eigenvalue weighted by atomic mass is 16.5. The first-order valence-electron chi connectivity index (χ1n) is 5.91. The molecule has 18 heavy (non-hydrogen) atoms. The molecule has 0 spiro atoms. The van der Waals surface area contributed by atoms with Crippen LogP contribution in [0.3, 0.4) is 0 Å². The van der Waals surface area contributed by atoms with Gasteiger partial charge < -0.3 is 9.84 Å². The maximum Gasteiger partial charge on any atom is 0.338 e. The molecular weight excluding hydrogens is 232 g/mol. The van der Waals surface area contributed by atoms with Gasteiger partial charge in [-0.1, -0.05) is 26.0 Å². The molecule has 4 nitrogen and oxygen atoms in total. The summed E-state index contributed by atoms with van der Waals surface area (Å²) in [5.41, 5.74) is 0.989. The first kappa shape index (κ1) is 14.2. The van der Waals surface area contributed by atoms with E-state index in [9.17, 15) is 9.59 Å². The van der Waals surface area contributed by atoms with E-state index in [1.165, 1.54) is 0 Å². The summed E-state index contributed by atoms with van der Waals surface area (Å²) in [5.74, 6) is -1.69. The van der Waals surface area contributed by atoms with E-state index in [-0.39, 0.29) is 5.92 Å². The summed E-state index contributed by atoms with van der Waals surface area (Å²) in [5, 5.41) is 8.92. The van der Waals surface area contributed by atoms with Gasteiger partial charge in [-0.2, -0.15) is 0 Å². The predicted molar refractivity (Wildman–Crippen MR) is 67.6 cm³/mol. The lowest BCUT2D eigenvalue weighted by Gasteiger charge is -2.10. The molecule has 0 saturated heterocycles. The van der Waals surface area contributed by atoms with Gasteiger partial charge in [0.2, 0.25) is 0 Å². The topological polar surface area (TPSA) is 63.6 Å². The molecule has 1 unspecified atom stereocenters. The lowest BCUT2D eigenvalue weighted by molar-refractivity contribution is -0.138. The Morgan fingerprint density at radius 3 is 2.50 bits per heavy atom. The Morgan fingerprint density at radius 2 is 1.94 bits per heavy atom. The fourth-order valence-electron chi connectivity index (χ4n) is 1.40. The first-order chi connectivity index (χ1) is 8.41. The van der Waals surface area contributed by atoms with Gasteiger partial charge in [-0.05, 0) is 30.5 Å². The Kier molecular flexibility index (Phi) is 4.89. The number of esters is 1. The minimum absolute atomic E-state index is 0.273. The van der Waals surface area contributed by atoms with E-state index in [1.54, 1.807) is 31.2 Å². The Bertz CT molecular complexity index is 437. The third-order valence-electron chi connectivity index (χ3n) is 2.54. The number of hydrogen-bond acceptors (Lipinski definition) is 3. The highest BCUT2D eigenvalue weighted by Crippen LogP contribution is 2.17. The van der Waals surface area contributed by atoms with Gasteiger partial charge in [-0.3, -0.25) is 4.79 Å². The van der Waals surface area contributed by atoms with Crippen molar-refractivity contribution in [3.05, 3.63) is 35.4 Å². The normalized spacial score (nSPS) is 12.2. The number of aliphatic carboxylic acids is 1. The van der Waals surface area contributed by atoms with Crippen molar-refractivity contribution in [2.24, 2.45) is 5.92 Å². The minimum Gasteiger partial charge on any atom is -0.481 e. The summed E-state index contributed by atoms with van der Waals surface area (Å²) in [6, 6.07) is 6.56. The number of hydrogen-bond donors (Lipinski definition) is 1. The van der Waals surface area contributed by atoms with Crippen LogP contribution in [0.1, 0.15) is 42.6 Å². The van der Waals surface area contributed by atoms with Crippen LogP contribution in [0.4, 0.5) is 0 Å². The average molecular weight is 250 g/mol. The number of carbonyl (C=O) groups excluding carboxylic acids is 1. The molecule has 4 heteroatoms. The summed E-state index contributed by atoms with van der Waals surface area (Å²) in [4.78, 5) is 22.6. The van der Waals surface area contributed by atoms with Crippen LogP contribution in [-0.2, 0) is 9.53 Å². The Morgan fingerprint density at radius 1 is 1.28 bits per heavy atom. The molecule has 0 bridgehead atoms. The first-order valence-corrected chi connectivity index (χ1v) is 5.91. The van der Waals surface area contributed by atoms with E-state index < -0.39 is 17.9 Å². The van der Waals surface area contributed by atoms with Crippen molar-refractivity contribution in [2.45, 2.75) is 26.7 Å². The van der Waals surface area contributed by atoms with E-state index in [0.717, 1.165) is 0 Å². The van der Waals surface area contributed by atoms with Crippen molar-refractivity contribution < 1.29 is 19.4 Å². The Labute approximate surface area is 107 Å². The van der Waals surface area contributed by atoms with Crippen LogP contribution in [0.15, 0.2) is 24.3 Å². The molecule has 0 aliphatic heterocycles. The molecule has 1 N–H and O–H groups in total. The molecular formula is C14H18O4. The van der Waals surface area contributed by atoms with Gasteiger partial charge >= 0.3 is 11.9 Å². The fraction of sp³-hybridized carbons (Fsp3) is 0.429. The van der Waals surface area contributed by atoms with Gasteiger partial charge in [-0.15, -0.1) is 0 Å². The number of ether oxygens (including phenoxy) is 1. The van der Waals surface area contributed by atoms with Crippen LogP contribution in [0.25, 0.3) is 0 Å². The third-order valence-corrected chi connectivity index (χ3v) is 2.54. The van der Waals surface area contributed by atoms with Gasteiger partial charge in [0.15, 0.2) is 0 Å². The van der Waals surface area contributed by atoms with Crippen LogP contribution in [-0.4, -0.2) is 23.7 Å². The predicted octanol–water partition coefficient (Wildman–Crippen LogP) is 2.69. The van der Waals surface area contributed by atoms with E-state index in [1.807, 2.05) is 13.8 Å². The smallest absolute Gasteiger partial charge is 0.338 e. The second kappa shape index (κ2) is 6.19. The van der Waals surface area contributed by atoms with Crippen LogP contribution in [0, 0.1) is 5.92 Å². The molecule has 0 aliphatic carbocycles. The quantitative estimate of drug-likeness (QED) is 0.816. The van der Waals surface area contributed by atoms with Crippen LogP contribution in [0.2, 0.25) is 0 Å². The van der Waals surface area contributed by atoms with Crippen LogP contribution < -0.4 is 0 Å². The Hall–Kier alpha value is -1.84. The highest BCUT2D eigenvalue weighted by Gasteiger charge is 2.16. The number of rotatable bonds is 5. The van der Waals surface area contributed by atoms with Crippen molar-refractivity contribution in [1.82, 2.24) is 0 Å². The zero-order valence-electron chi connectivity index (χ0n) is 10.8. The molecule has 0 radical (unpaired) electrons. The largest absolute Gasteiger partial charge is 0.481 e. The van der Waals surface area contributed by atoms with Gasteiger partial charge in [0.1, 0.15) is 0 Å². The lowest BCUT2D eigenvalue weighted by Crippen LogP contribution is -2.12. The van der Waals surface area contributed by atoms with Crippen molar-refractivity contribution in [3.8, 4) is 0 Å². The molecule has 0 saturated carbocycles. The van der Waals surface area contributed by atoms with Gasteiger partial charge in [0, 0.05) is 0 Å². The van der Waals surface area contributed by atoms with E-state index >= 15 is 0 Å². The molecule has 0 aromatic heterocycles. The number of benzene rings is 1. The van der Waals surface area contributed by atoms with E-state index in [4.69, 9.17) is 9.84 Å². The Balaban J connectivity index is 2.81. The van der Waals surface area contributed by atoms with E-state index in [0.29, 0.717) is 17.7 Å². The highest BCUT2D eigenvalue weighted by molar-refractivity contribution is 5.90. The molecule has 0 aliphatic rings. The molecule has 0 amide bonds. The molecule has 1 atom stereocenters. The van der Waals surface area contributed by atoms with Crippen molar-refractivity contribution in [3.63, 3.8) is 0 Å². The van der Waals surface area contributed by atoms with Crippen molar-refractivity contribution in [1.29, 1.82) is 0 Å². The van der Waals surface area contributed by atoms with Gasteiger partial charge in [0.25, 0.3) is 0 Å². The van der Waals surface area contributed by atoms with Crippen LogP contribution in [0.5, 0.6) is 0 Å². The molecule has 0 heterocycles. The van der Waals surface area contributed by atoms with Crippen molar-refractivity contribution >= 4 is 11.9 Å². The zero-order chi connectivity index (χ0) is 13.7. The maximum absolute atomic E-state index is 11.7. The molecule has 1 aromatic rings. The second-order valence-electron chi connectivity index (χ2n) is 4.68. The minimum atomic E-state index is -0.914. The standard InChI is InChI=1S/C14H18O4/c1-9(2)8-18-14(17)12-6-4-5-11(7-12)10(3)13(15)16/h4-7,9-10H,8H2,1-3H3,(H,15,16). The van der Waals surface area contributed by atoms with E-state index in [2.05, 4.69) is 0 Å². The number of carbonyl (C=O) groups is 2. The molecule has 1 aromatic carbocycles. The zero-order valence-corrected chi connectivity index (χ0v) is 10.8. The fourth-order valence-corrected chi connectivity index (χ4v) is 1.40. The molecule has 0 fully saturated rings. The second-order valence-corrected chi connectivity index (χ2v) is 4.68. The van der Waals surface area contributed by atoms with Gasteiger partial charge in [-0.25, -0.2) is 4.79 Å². The lowest BCUT2D eigenvalue weighted by atomic mass is 9.99. The summed E-state index contributed by atoms with van der Waals surface area (Å²) < 4.78 is 5.10. The maximum atomic E-state index is 11.7. The third kappa shape index (κ3) is 3.87. The summed E-state index contributed by atoms with van der Waals surface area (Å²) in [6.45, 7) is 5.85. The average Bonchev–Trinajstić information content (AvgIpc) is 2.34. The molecule has 1 rings (SSSR count). The molecule has 98 valence electrons. The van der Waals surface area contributed by atoms with Gasteiger partial charge in [0.05, 0.1) is 18.1 Å². The SMILES string of the molecule is CC(C)COC(=O)c1cccc(C(C)C(=O)O)c1. The van der Waals surface area contributed by atoms with Crippen molar-refractivity contribution in [2.75, 3.05) is 6.61 Å². The monoisotopic (exact) mass is 250 g/mol.